The number of fused-ring (bicyclic) bond motifs is 1. The molecule has 0 spiro atoms. The van der Waals surface area contributed by atoms with Crippen LogP contribution in [0.2, 0.25) is 0 Å². The molecule has 31 heavy (non-hydrogen) atoms. The van der Waals surface area contributed by atoms with Gasteiger partial charge < -0.3 is 0 Å². The molecule has 0 amide bonds. The van der Waals surface area contributed by atoms with E-state index in [9.17, 15) is 14.9 Å². The smallest absolute Gasteiger partial charge is 0.268 e. The molecule has 4 aromatic rings. The van der Waals surface area contributed by atoms with Gasteiger partial charge in [0.05, 0.1) is 21.5 Å². The van der Waals surface area contributed by atoms with Crippen LogP contribution in [0.25, 0.3) is 16.6 Å². The van der Waals surface area contributed by atoms with Crippen molar-refractivity contribution in [1.82, 2.24) is 9.55 Å². The van der Waals surface area contributed by atoms with Crippen LogP contribution in [0.5, 0.6) is 0 Å². The molecule has 3 aromatic carbocycles. The van der Waals surface area contributed by atoms with E-state index in [0.29, 0.717) is 21.8 Å². The Morgan fingerprint density at radius 1 is 1.00 bits per heavy atom. The van der Waals surface area contributed by atoms with Crippen molar-refractivity contribution in [3.8, 4) is 5.69 Å². The monoisotopic (exact) mass is 431 g/mol. The average molecular weight is 432 g/mol. The van der Waals surface area contributed by atoms with Gasteiger partial charge in [-0.05, 0) is 35.2 Å². The second-order valence-corrected chi connectivity index (χ2v) is 8.42. The molecule has 7 heteroatoms. The van der Waals surface area contributed by atoms with E-state index >= 15 is 0 Å². The summed E-state index contributed by atoms with van der Waals surface area (Å²) in [6, 6.07) is 21.7. The molecule has 0 bridgehead atoms. The summed E-state index contributed by atoms with van der Waals surface area (Å²) in [4.78, 5) is 28.8. The highest BCUT2D eigenvalue weighted by atomic mass is 32.2. The summed E-state index contributed by atoms with van der Waals surface area (Å²) in [6.45, 7) is 4.20. The lowest BCUT2D eigenvalue weighted by Crippen LogP contribution is -2.23. The lowest BCUT2D eigenvalue weighted by atomic mass is 10.0. The molecule has 0 aliphatic carbocycles. The quantitative estimate of drug-likeness (QED) is 0.169. The van der Waals surface area contributed by atoms with E-state index in [1.54, 1.807) is 22.8 Å². The molecule has 4 rings (SSSR count). The Labute approximate surface area is 183 Å². The molecular formula is C24H21N3O3S. The molecule has 0 atom stereocenters. The Morgan fingerprint density at radius 2 is 1.68 bits per heavy atom. The van der Waals surface area contributed by atoms with Gasteiger partial charge in [0.1, 0.15) is 0 Å². The van der Waals surface area contributed by atoms with E-state index in [0.717, 1.165) is 16.8 Å². The Bertz CT molecular complexity index is 1310. The fourth-order valence-corrected chi connectivity index (χ4v) is 4.42. The van der Waals surface area contributed by atoms with E-state index in [-0.39, 0.29) is 17.2 Å². The summed E-state index contributed by atoms with van der Waals surface area (Å²) in [5, 5.41) is 12.1. The number of para-hydroxylation sites is 2. The first-order chi connectivity index (χ1) is 15.0. The predicted octanol–water partition coefficient (Wildman–Crippen LogP) is 5.71. The Kier molecular flexibility index (Phi) is 5.86. The van der Waals surface area contributed by atoms with E-state index < -0.39 is 4.92 Å². The van der Waals surface area contributed by atoms with Crippen molar-refractivity contribution in [1.29, 1.82) is 0 Å². The van der Waals surface area contributed by atoms with Crippen LogP contribution >= 0.6 is 11.8 Å². The van der Waals surface area contributed by atoms with Crippen LogP contribution in [0.3, 0.4) is 0 Å². The second kappa shape index (κ2) is 8.73. The first-order valence-electron chi connectivity index (χ1n) is 9.93. The zero-order valence-corrected chi connectivity index (χ0v) is 18.0. The van der Waals surface area contributed by atoms with Crippen LogP contribution in [0.15, 0.2) is 82.7 Å². The van der Waals surface area contributed by atoms with Gasteiger partial charge in [-0.15, -0.1) is 0 Å². The number of hydrogen-bond donors (Lipinski definition) is 0. The average Bonchev–Trinajstić information content (AvgIpc) is 2.78. The van der Waals surface area contributed by atoms with Gasteiger partial charge in [-0.25, -0.2) is 4.98 Å². The highest BCUT2D eigenvalue weighted by molar-refractivity contribution is 7.98. The van der Waals surface area contributed by atoms with Crippen molar-refractivity contribution in [3.63, 3.8) is 0 Å². The first-order valence-corrected chi connectivity index (χ1v) is 10.9. The van der Waals surface area contributed by atoms with E-state index in [4.69, 9.17) is 4.98 Å². The van der Waals surface area contributed by atoms with Crippen molar-refractivity contribution in [2.45, 2.75) is 30.7 Å². The number of hydrogen-bond acceptors (Lipinski definition) is 5. The number of nitro benzene ring substituents is 1. The maximum Gasteiger partial charge on any atom is 0.269 e. The Balaban J connectivity index is 1.81. The summed E-state index contributed by atoms with van der Waals surface area (Å²) in [5.41, 5.74) is 3.41. The van der Waals surface area contributed by atoms with Crippen LogP contribution in [-0.2, 0) is 5.75 Å². The molecule has 0 radical (unpaired) electrons. The van der Waals surface area contributed by atoms with E-state index in [1.807, 2.05) is 42.5 Å². The fraction of sp³-hybridized carbons (Fsp3) is 0.167. The third kappa shape index (κ3) is 4.22. The van der Waals surface area contributed by atoms with Gasteiger partial charge in [-0.3, -0.25) is 19.5 Å². The van der Waals surface area contributed by atoms with Gasteiger partial charge in [-0.1, -0.05) is 68.1 Å². The van der Waals surface area contributed by atoms with Gasteiger partial charge in [0.2, 0.25) is 0 Å². The van der Waals surface area contributed by atoms with Crippen molar-refractivity contribution in [2.75, 3.05) is 0 Å². The number of rotatable bonds is 6. The zero-order valence-electron chi connectivity index (χ0n) is 17.2. The van der Waals surface area contributed by atoms with Crippen molar-refractivity contribution in [3.05, 3.63) is 104 Å². The van der Waals surface area contributed by atoms with Crippen LogP contribution in [0, 0.1) is 10.1 Å². The molecule has 1 aromatic heterocycles. The van der Waals surface area contributed by atoms with Crippen molar-refractivity contribution < 1.29 is 4.92 Å². The van der Waals surface area contributed by atoms with Crippen LogP contribution in [-0.4, -0.2) is 14.5 Å². The maximum absolute atomic E-state index is 13.5. The molecule has 6 nitrogen and oxygen atoms in total. The molecule has 1 heterocycles. The molecule has 0 fully saturated rings. The number of benzene rings is 3. The van der Waals surface area contributed by atoms with Crippen LogP contribution in [0.4, 0.5) is 5.69 Å². The lowest BCUT2D eigenvalue weighted by molar-refractivity contribution is -0.384. The predicted molar refractivity (Wildman–Crippen MR) is 124 cm³/mol. The van der Waals surface area contributed by atoms with Gasteiger partial charge in [-0.2, -0.15) is 0 Å². The third-order valence-corrected chi connectivity index (χ3v) is 6.07. The summed E-state index contributed by atoms with van der Waals surface area (Å²) in [6.07, 6.45) is 0. The maximum atomic E-state index is 13.5. The normalized spacial score (nSPS) is 11.2. The molecular weight excluding hydrogens is 410 g/mol. The lowest BCUT2D eigenvalue weighted by Gasteiger charge is -2.18. The summed E-state index contributed by atoms with van der Waals surface area (Å²) in [7, 11) is 0. The number of nitro groups is 1. The van der Waals surface area contributed by atoms with Crippen LogP contribution < -0.4 is 5.56 Å². The number of thioether (sulfide) groups is 1. The minimum atomic E-state index is -0.414. The van der Waals surface area contributed by atoms with E-state index in [2.05, 4.69) is 13.8 Å². The molecule has 0 unspecified atom stereocenters. The number of non-ortho nitro benzene ring substituents is 1. The minimum Gasteiger partial charge on any atom is -0.268 e. The van der Waals surface area contributed by atoms with Gasteiger partial charge in [0.25, 0.3) is 11.2 Å². The SMILES string of the molecule is CC(C)c1ccccc1-n1c(SCc2ccc([N+](=O)[O-])cc2)nc2ccccc2c1=O. The molecule has 0 aliphatic rings. The highest BCUT2D eigenvalue weighted by Gasteiger charge is 2.17. The Morgan fingerprint density at radius 3 is 2.39 bits per heavy atom. The molecule has 156 valence electrons. The zero-order chi connectivity index (χ0) is 22.0. The van der Waals surface area contributed by atoms with Crippen molar-refractivity contribution in [2.24, 2.45) is 0 Å². The van der Waals surface area contributed by atoms with E-state index in [1.165, 1.54) is 23.9 Å². The topological polar surface area (TPSA) is 78.0 Å². The number of nitrogens with zero attached hydrogens (tertiary/aromatic N) is 3. The summed E-state index contributed by atoms with van der Waals surface area (Å²) >= 11 is 1.44. The molecule has 0 saturated heterocycles. The molecule has 0 aliphatic heterocycles. The Hall–Kier alpha value is -3.45. The largest absolute Gasteiger partial charge is 0.269 e. The standard InChI is InChI=1S/C24H21N3O3S/c1-16(2)19-7-4-6-10-22(19)26-23(28)20-8-3-5-9-21(20)25-24(26)31-15-17-11-13-18(14-12-17)27(29)30/h3-14,16H,15H2,1-2H3. The van der Waals surface area contributed by atoms with Crippen LogP contribution in [0.1, 0.15) is 30.9 Å². The van der Waals surface area contributed by atoms with Gasteiger partial charge >= 0.3 is 0 Å². The summed E-state index contributed by atoms with van der Waals surface area (Å²) in [5.74, 6) is 0.772. The van der Waals surface area contributed by atoms with Gasteiger partial charge in [0.15, 0.2) is 5.16 Å². The summed E-state index contributed by atoms with van der Waals surface area (Å²) < 4.78 is 1.69. The second-order valence-electron chi connectivity index (χ2n) is 7.48. The minimum absolute atomic E-state index is 0.0559. The van der Waals surface area contributed by atoms with Gasteiger partial charge in [0, 0.05) is 17.9 Å². The highest BCUT2D eigenvalue weighted by Crippen LogP contribution is 2.29. The molecule has 0 saturated carbocycles. The first kappa shape index (κ1) is 20.8. The molecule has 0 N–H and O–H groups in total. The van der Waals surface area contributed by atoms with Crippen molar-refractivity contribution >= 4 is 28.4 Å². The fourth-order valence-electron chi connectivity index (χ4n) is 3.46. The third-order valence-electron chi connectivity index (χ3n) is 5.06. The number of aromatic nitrogens is 2.